The van der Waals surface area contributed by atoms with Crippen LogP contribution in [-0.4, -0.2) is 43.2 Å². The van der Waals surface area contributed by atoms with E-state index in [1.165, 1.54) is 0 Å². The van der Waals surface area contributed by atoms with Gasteiger partial charge in [0.2, 0.25) is 5.91 Å². The second-order valence-electron chi connectivity index (χ2n) is 5.45. The van der Waals surface area contributed by atoms with Gasteiger partial charge in [0.15, 0.2) is 0 Å². The number of ether oxygens (including phenoxy) is 1. The fourth-order valence-corrected chi connectivity index (χ4v) is 2.67. The Morgan fingerprint density at radius 3 is 3.00 bits per heavy atom. The molecule has 0 unspecified atom stereocenters. The van der Waals surface area contributed by atoms with E-state index >= 15 is 0 Å². The number of nitrogens with zero attached hydrogens (tertiary/aromatic N) is 1. The molecule has 0 saturated carbocycles. The summed E-state index contributed by atoms with van der Waals surface area (Å²) in [6.45, 7) is 3.74. The van der Waals surface area contributed by atoms with Crippen molar-refractivity contribution < 1.29 is 13.9 Å². The topological polar surface area (TPSA) is 54.7 Å². The molecule has 3 rings (SSSR count). The Hall–Kier alpha value is -1.85. The summed E-state index contributed by atoms with van der Waals surface area (Å²) in [6, 6.07) is 9.54. The van der Waals surface area contributed by atoms with E-state index in [2.05, 4.69) is 5.32 Å². The molecule has 1 amide bonds. The van der Waals surface area contributed by atoms with Crippen molar-refractivity contribution in [3.63, 3.8) is 0 Å². The average molecular weight is 288 g/mol. The number of hydrogen-bond donors (Lipinski definition) is 1. The van der Waals surface area contributed by atoms with Gasteiger partial charge in [-0.05, 0) is 19.1 Å². The standard InChI is InChI=1S/C16H20N2O3/c1-11-15(17-7-8-20-11)16(19)18(2)10-13-9-12-5-3-4-6-14(12)21-13/h3-6,9,11,15,17H,7-8,10H2,1-2H3/t11-,15+/m1/s1. The monoisotopic (exact) mass is 288 g/mol. The highest BCUT2D eigenvalue weighted by Crippen LogP contribution is 2.20. The van der Waals surface area contributed by atoms with Crippen LogP contribution in [0.2, 0.25) is 0 Å². The number of likely N-dealkylation sites (N-methyl/N-ethyl adjacent to an activating group) is 1. The van der Waals surface area contributed by atoms with Crippen molar-refractivity contribution in [3.8, 4) is 0 Å². The van der Waals surface area contributed by atoms with Crippen LogP contribution in [0.25, 0.3) is 11.0 Å². The molecular formula is C16H20N2O3. The number of carbonyl (C=O) groups is 1. The molecule has 112 valence electrons. The van der Waals surface area contributed by atoms with Crippen LogP contribution in [0, 0.1) is 0 Å². The molecule has 1 aromatic carbocycles. The lowest BCUT2D eigenvalue weighted by Gasteiger charge is -2.32. The molecule has 1 aliphatic heterocycles. The van der Waals surface area contributed by atoms with Crippen LogP contribution >= 0.6 is 0 Å². The highest BCUT2D eigenvalue weighted by Gasteiger charge is 2.30. The summed E-state index contributed by atoms with van der Waals surface area (Å²) in [7, 11) is 1.79. The van der Waals surface area contributed by atoms with Gasteiger partial charge in [-0.1, -0.05) is 18.2 Å². The zero-order chi connectivity index (χ0) is 14.8. The van der Waals surface area contributed by atoms with Crippen molar-refractivity contribution in [1.29, 1.82) is 0 Å². The summed E-state index contributed by atoms with van der Waals surface area (Å²) in [6.07, 6.45) is -0.107. The normalized spacial score (nSPS) is 22.4. The molecule has 0 bridgehead atoms. The van der Waals surface area contributed by atoms with Gasteiger partial charge in [0.25, 0.3) is 0 Å². The third kappa shape index (κ3) is 2.94. The molecule has 2 atom stereocenters. The van der Waals surface area contributed by atoms with E-state index in [9.17, 15) is 4.79 Å². The first-order valence-corrected chi connectivity index (χ1v) is 7.22. The molecular weight excluding hydrogens is 268 g/mol. The quantitative estimate of drug-likeness (QED) is 0.935. The SMILES string of the molecule is C[C@H]1OCCN[C@@H]1C(=O)N(C)Cc1cc2ccccc2o1. The van der Waals surface area contributed by atoms with E-state index in [0.29, 0.717) is 19.7 Å². The highest BCUT2D eigenvalue weighted by atomic mass is 16.5. The third-order valence-corrected chi connectivity index (χ3v) is 3.83. The maximum Gasteiger partial charge on any atom is 0.242 e. The maximum absolute atomic E-state index is 12.5. The number of carbonyl (C=O) groups excluding carboxylic acids is 1. The Bertz CT molecular complexity index is 604. The van der Waals surface area contributed by atoms with Gasteiger partial charge in [0, 0.05) is 19.0 Å². The summed E-state index contributed by atoms with van der Waals surface area (Å²) < 4.78 is 11.3. The fourth-order valence-electron chi connectivity index (χ4n) is 2.67. The van der Waals surface area contributed by atoms with E-state index in [0.717, 1.165) is 16.7 Å². The predicted octanol–water partition coefficient (Wildman–Crippen LogP) is 1.77. The van der Waals surface area contributed by atoms with Gasteiger partial charge >= 0.3 is 0 Å². The Labute approximate surface area is 123 Å². The van der Waals surface area contributed by atoms with E-state index < -0.39 is 0 Å². The van der Waals surface area contributed by atoms with Crippen LogP contribution in [0.1, 0.15) is 12.7 Å². The van der Waals surface area contributed by atoms with Gasteiger partial charge in [0.05, 0.1) is 19.3 Å². The number of amides is 1. The number of fused-ring (bicyclic) bond motifs is 1. The van der Waals surface area contributed by atoms with Crippen LogP contribution in [0.4, 0.5) is 0 Å². The smallest absolute Gasteiger partial charge is 0.242 e. The van der Waals surface area contributed by atoms with Crippen LogP contribution in [-0.2, 0) is 16.1 Å². The van der Waals surface area contributed by atoms with E-state index in [1.807, 2.05) is 37.3 Å². The number of morpholine rings is 1. The minimum atomic E-state index is -0.284. The number of nitrogens with one attached hydrogen (secondary N) is 1. The zero-order valence-corrected chi connectivity index (χ0v) is 12.3. The summed E-state index contributed by atoms with van der Waals surface area (Å²) in [5.74, 6) is 0.819. The number of benzene rings is 1. The van der Waals surface area contributed by atoms with E-state index in [-0.39, 0.29) is 18.1 Å². The van der Waals surface area contributed by atoms with Crippen molar-refractivity contribution in [3.05, 3.63) is 36.1 Å². The molecule has 0 radical (unpaired) electrons. The van der Waals surface area contributed by atoms with Gasteiger partial charge in [0.1, 0.15) is 17.4 Å². The number of para-hydroxylation sites is 1. The molecule has 1 saturated heterocycles. The summed E-state index contributed by atoms with van der Waals surface area (Å²) in [5.41, 5.74) is 0.848. The molecule has 21 heavy (non-hydrogen) atoms. The number of hydrogen-bond acceptors (Lipinski definition) is 4. The van der Waals surface area contributed by atoms with Crippen molar-refractivity contribution >= 4 is 16.9 Å². The lowest BCUT2D eigenvalue weighted by Crippen LogP contribution is -2.55. The number of furan rings is 1. The van der Waals surface area contributed by atoms with E-state index in [1.54, 1.807) is 11.9 Å². The van der Waals surface area contributed by atoms with Crippen LogP contribution in [0.3, 0.4) is 0 Å². The van der Waals surface area contributed by atoms with Gasteiger partial charge in [-0.2, -0.15) is 0 Å². The molecule has 1 fully saturated rings. The molecule has 2 heterocycles. The van der Waals surface area contributed by atoms with Gasteiger partial charge in [-0.25, -0.2) is 0 Å². The summed E-state index contributed by atoms with van der Waals surface area (Å²) >= 11 is 0. The van der Waals surface area contributed by atoms with Crippen molar-refractivity contribution in [1.82, 2.24) is 10.2 Å². The number of rotatable bonds is 3. The lowest BCUT2D eigenvalue weighted by atomic mass is 10.1. The van der Waals surface area contributed by atoms with Gasteiger partial charge < -0.3 is 19.4 Å². The minimum absolute atomic E-state index is 0.0302. The lowest BCUT2D eigenvalue weighted by molar-refractivity contribution is -0.138. The first-order valence-electron chi connectivity index (χ1n) is 7.22. The Balaban J connectivity index is 1.70. The highest BCUT2D eigenvalue weighted by molar-refractivity contribution is 5.82. The summed E-state index contributed by atoms with van der Waals surface area (Å²) in [4.78, 5) is 14.2. The van der Waals surface area contributed by atoms with Gasteiger partial charge in [-0.3, -0.25) is 4.79 Å². The molecule has 1 aliphatic rings. The molecule has 5 nitrogen and oxygen atoms in total. The predicted molar refractivity (Wildman–Crippen MR) is 79.9 cm³/mol. The first-order chi connectivity index (χ1) is 10.1. The fraction of sp³-hybridized carbons (Fsp3) is 0.438. The van der Waals surface area contributed by atoms with Crippen molar-refractivity contribution in [2.45, 2.75) is 25.6 Å². The largest absolute Gasteiger partial charge is 0.459 e. The Morgan fingerprint density at radius 1 is 1.43 bits per heavy atom. The summed E-state index contributed by atoms with van der Waals surface area (Å²) in [5, 5.41) is 4.27. The van der Waals surface area contributed by atoms with Crippen LogP contribution < -0.4 is 5.32 Å². The van der Waals surface area contributed by atoms with Crippen molar-refractivity contribution in [2.75, 3.05) is 20.2 Å². The average Bonchev–Trinajstić information content (AvgIpc) is 2.89. The van der Waals surface area contributed by atoms with Gasteiger partial charge in [-0.15, -0.1) is 0 Å². The second kappa shape index (κ2) is 5.87. The zero-order valence-electron chi connectivity index (χ0n) is 12.3. The van der Waals surface area contributed by atoms with Crippen LogP contribution in [0.5, 0.6) is 0 Å². The molecule has 0 spiro atoms. The molecule has 5 heteroatoms. The first kappa shape index (κ1) is 14.1. The molecule has 1 N–H and O–H groups in total. The van der Waals surface area contributed by atoms with E-state index in [4.69, 9.17) is 9.15 Å². The molecule has 2 aromatic rings. The maximum atomic E-state index is 12.5. The molecule has 0 aliphatic carbocycles. The van der Waals surface area contributed by atoms with Crippen LogP contribution in [0.15, 0.2) is 34.7 Å². The molecule has 1 aromatic heterocycles. The third-order valence-electron chi connectivity index (χ3n) is 3.83. The minimum Gasteiger partial charge on any atom is -0.459 e. The van der Waals surface area contributed by atoms with Crippen molar-refractivity contribution in [2.24, 2.45) is 0 Å². The Kier molecular flexibility index (Phi) is 3.94. The second-order valence-corrected chi connectivity index (χ2v) is 5.45. The Morgan fingerprint density at radius 2 is 2.24 bits per heavy atom.